The van der Waals surface area contributed by atoms with Crippen LogP contribution in [0.2, 0.25) is 0 Å². The molecule has 0 spiro atoms. The van der Waals surface area contributed by atoms with Crippen LogP contribution in [0.15, 0.2) is 24.3 Å². The number of benzene rings is 1. The molecule has 0 saturated heterocycles. The summed E-state index contributed by atoms with van der Waals surface area (Å²) in [6.07, 6.45) is 2.44. The van der Waals surface area contributed by atoms with Crippen molar-refractivity contribution in [3.8, 4) is 0 Å². The lowest BCUT2D eigenvalue weighted by atomic mass is 10.1. The fourth-order valence-corrected chi connectivity index (χ4v) is 1.59. The fourth-order valence-electron chi connectivity index (χ4n) is 1.59. The first kappa shape index (κ1) is 15.5. The number of urea groups is 1. The van der Waals surface area contributed by atoms with Crippen LogP contribution in [0.5, 0.6) is 0 Å². The molecule has 1 atom stereocenters. The van der Waals surface area contributed by atoms with Gasteiger partial charge in [-0.3, -0.25) is 0 Å². The average Bonchev–Trinajstić information content (AvgIpc) is 2.44. The standard InChI is InChI=1S/C14H22N2O3/c1-2-3-4-11-5-7-12(8-6-11)16-14(19)15-9-13(18)10-17/h5-8,13,17-18H,2-4,9-10H2,1H3,(H2,15,16,19). The van der Waals surface area contributed by atoms with E-state index in [0.29, 0.717) is 5.69 Å². The van der Waals surface area contributed by atoms with Crippen LogP contribution < -0.4 is 10.6 Å². The van der Waals surface area contributed by atoms with Crippen LogP contribution in [-0.2, 0) is 6.42 Å². The summed E-state index contributed by atoms with van der Waals surface area (Å²) in [4.78, 5) is 11.5. The smallest absolute Gasteiger partial charge is 0.319 e. The summed E-state index contributed by atoms with van der Waals surface area (Å²) in [6.45, 7) is 1.81. The Bertz CT molecular complexity index is 379. The molecule has 0 aliphatic heterocycles. The first-order valence-corrected chi connectivity index (χ1v) is 6.58. The lowest BCUT2D eigenvalue weighted by Crippen LogP contribution is -2.36. The van der Waals surface area contributed by atoms with Crippen molar-refractivity contribution in [3.05, 3.63) is 29.8 Å². The van der Waals surface area contributed by atoms with Gasteiger partial charge >= 0.3 is 6.03 Å². The van der Waals surface area contributed by atoms with Gasteiger partial charge in [-0.05, 0) is 30.5 Å². The lowest BCUT2D eigenvalue weighted by molar-refractivity contribution is 0.0965. The van der Waals surface area contributed by atoms with Crippen LogP contribution in [0, 0.1) is 0 Å². The topological polar surface area (TPSA) is 81.6 Å². The van der Waals surface area contributed by atoms with Gasteiger partial charge in [0, 0.05) is 12.2 Å². The summed E-state index contributed by atoms with van der Waals surface area (Å²) in [7, 11) is 0. The molecule has 0 aromatic heterocycles. The van der Waals surface area contributed by atoms with E-state index in [1.54, 1.807) is 0 Å². The summed E-state index contributed by atoms with van der Waals surface area (Å²) in [5, 5.41) is 22.8. The van der Waals surface area contributed by atoms with E-state index in [9.17, 15) is 4.79 Å². The molecule has 2 amide bonds. The number of carbonyl (C=O) groups is 1. The SMILES string of the molecule is CCCCc1ccc(NC(=O)NCC(O)CO)cc1. The second-order valence-corrected chi connectivity index (χ2v) is 4.47. The second-order valence-electron chi connectivity index (χ2n) is 4.47. The van der Waals surface area contributed by atoms with E-state index in [1.165, 1.54) is 5.56 Å². The van der Waals surface area contributed by atoms with Crippen molar-refractivity contribution in [1.82, 2.24) is 5.32 Å². The van der Waals surface area contributed by atoms with Gasteiger partial charge in [0.05, 0.1) is 12.7 Å². The predicted octanol–water partition coefficient (Wildman–Crippen LogP) is 1.50. The van der Waals surface area contributed by atoms with Crippen LogP contribution >= 0.6 is 0 Å². The molecular weight excluding hydrogens is 244 g/mol. The van der Waals surface area contributed by atoms with Gasteiger partial charge in [-0.2, -0.15) is 0 Å². The summed E-state index contributed by atoms with van der Waals surface area (Å²) in [5.74, 6) is 0. The van der Waals surface area contributed by atoms with Crippen molar-refractivity contribution in [1.29, 1.82) is 0 Å². The third-order valence-corrected chi connectivity index (χ3v) is 2.74. The van der Waals surface area contributed by atoms with Gasteiger partial charge < -0.3 is 20.8 Å². The first-order chi connectivity index (χ1) is 9.15. The molecule has 0 heterocycles. The number of hydrogen-bond donors (Lipinski definition) is 4. The maximum atomic E-state index is 11.5. The molecule has 106 valence electrons. The molecule has 0 radical (unpaired) electrons. The van der Waals surface area contributed by atoms with Crippen molar-refractivity contribution < 1.29 is 15.0 Å². The number of nitrogens with one attached hydrogen (secondary N) is 2. The molecule has 4 N–H and O–H groups in total. The third-order valence-electron chi connectivity index (χ3n) is 2.74. The summed E-state index contributed by atoms with van der Waals surface area (Å²) in [5.41, 5.74) is 1.96. The monoisotopic (exact) mass is 266 g/mol. The molecular formula is C14H22N2O3. The molecule has 5 heteroatoms. The van der Waals surface area contributed by atoms with Gasteiger partial charge in [-0.1, -0.05) is 25.5 Å². The number of aliphatic hydroxyl groups excluding tert-OH is 2. The molecule has 1 aromatic rings. The molecule has 1 unspecified atom stereocenters. The van der Waals surface area contributed by atoms with Crippen molar-refractivity contribution >= 4 is 11.7 Å². The van der Waals surface area contributed by atoms with E-state index in [-0.39, 0.29) is 13.2 Å². The molecule has 0 aliphatic carbocycles. The van der Waals surface area contributed by atoms with Gasteiger partial charge in [0.15, 0.2) is 0 Å². The number of aliphatic hydroxyl groups is 2. The minimum Gasteiger partial charge on any atom is -0.394 e. The summed E-state index contributed by atoms with van der Waals surface area (Å²) in [6, 6.07) is 7.30. The number of anilines is 1. The van der Waals surface area contributed by atoms with Gasteiger partial charge in [-0.25, -0.2) is 4.79 Å². The zero-order valence-corrected chi connectivity index (χ0v) is 11.2. The van der Waals surface area contributed by atoms with E-state index in [4.69, 9.17) is 10.2 Å². The second kappa shape index (κ2) is 8.50. The van der Waals surface area contributed by atoms with Crippen LogP contribution in [0.1, 0.15) is 25.3 Å². The molecule has 0 bridgehead atoms. The van der Waals surface area contributed by atoms with Gasteiger partial charge in [0.1, 0.15) is 0 Å². The van der Waals surface area contributed by atoms with E-state index in [2.05, 4.69) is 17.6 Å². The van der Waals surface area contributed by atoms with Crippen molar-refractivity contribution in [2.75, 3.05) is 18.5 Å². The highest BCUT2D eigenvalue weighted by molar-refractivity contribution is 5.89. The van der Waals surface area contributed by atoms with Crippen LogP contribution in [0.4, 0.5) is 10.5 Å². The highest BCUT2D eigenvalue weighted by atomic mass is 16.3. The number of unbranched alkanes of at least 4 members (excludes halogenated alkanes) is 1. The summed E-state index contributed by atoms with van der Waals surface area (Å²) < 4.78 is 0. The highest BCUT2D eigenvalue weighted by Crippen LogP contribution is 2.11. The number of aryl methyl sites for hydroxylation is 1. The Hall–Kier alpha value is -1.59. The number of carbonyl (C=O) groups excluding carboxylic acids is 1. The number of amides is 2. The molecule has 5 nitrogen and oxygen atoms in total. The predicted molar refractivity (Wildman–Crippen MR) is 75.2 cm³/mol. The lowest BCUT2D eigenvalue weighted by Gasteiger charge is -2.10. The van der Waals surface area contributed by atoms with Crippen LogP contribution in [0.3, 0.4) is 0 Å². The Labute approximate surface area is 113 Å². The molecule has 0 aliphatic rings. The van der Waals surface area contributed by atoms with E-state index in [0.717, 1.165) is 19.3 Å². The summed E-state index contributed by atoms with van der Waals surface area (Å²) >= 11 is 0. The molecule has 0 saturated carbocycles. The molecule has 1 aromatic carbocycles. The Kier molecular flexibility index (Phi) is 6.92. The minimum absolute atomic E-state index is 0.0247. The van der Waals surface area contributed by atoms with E-state index < -0.39 is 12.1 Å². The highest BCUT2D eigenvalue weighted by Gasteiger charge is 2.05. The largest absolute Gasteiger partial charge is 0.394 e. The number of rotatable bonds is 7. The van der Waals surface area contributed by atoms with Crippen LogP contribution in [0.25, 0.3) is 0 Å². The normalized spacial score (nSPS) is 11.9. The first-order valence-electron chi connectivity index (χ1n) is 6.58. The maximum absolute atomic E-state index is 11.5. The quantitative estimate of drug-likeness (QED) is 0.603. The Morgan fingerprint density at radius 2 is 2.00 bits per heavy atom. The fraction of sp³-hybridized carbons (Fsp3) is 0.500. The third kappa shape index (κ3) is 6.22. The minimum atomic E-state index is -0.929. The maximum Gasteiger partial charge on any atom is 0.319 e. The van der Waals surface area contributed by atoms with Crippen molar-refractivity contribution in [2.45, 2.75) is 32.3 Å². The number of hydrogen-bond acceptors (Lipinski definition) is 3. The Balaban J connectivity index is 2.37. The van der Waals surface area contributed by atoms with Crippen molar-refractivity contribution in [3.63, 3.8) is 0 Å². The van der Waals surface area contributed by atoms with Crippen LogP contribution in [-0.4, -0.2) is 35.5 Å². The zero-order chi connectivity index (χ0) is 14.1. The van der Waals surface area contributed by atoms with E-state index in [1.807, 2.05) is 24.3 Å². The Morgan fingerprint density at radius 3 is 2.58 bits per heavy atom. The van der Waals surface area contributed by atoms with Gasteiger partial charge in [0.2, 0.25) is 0 Å². The molecule has 19 heavy (non-hydrogen) atoms. The van der Waals surface area contributed by atoms with Gasteiger partial charge in [-0.15, -0.1) is 0 Å². The average molecular weight is 266 g/mol. The van der Waals surface area contributed by atoms with E-state index >= 15 is 0 Å². The molecule has 1 rings (SSSR count). The van der Waals surface area contributed by atoms with Crippen molar-refractivity contribution in [2.24, 2.45) is 0 Å². The molecule has 0 fully saturated rings. The zero-order valence-electron chi connectivity index (χ0n) is 11.2. The Morgan fingerprint density at radius 1 is 1.32 bits per heavy atom. The van der Waals surface area contributed by atoms with Gasteiger partial charge in [0.25, 0.3) is 0 Å².